The summed E-state index contributed by atoms with van der Waals surface area (Å²) in [6.07, 6.45) is 4.79. The number of nitrogens with one attached hydrogen (secondary N) is 1. The van der Waals surface area contributed by atoms with Crippen LogP contribution in [0.25, 0.3) is 10.4 Å². The molecule has 0 spiro atoms. The Labute approximate surface area is 97.2 Å². The first-order valence-corrected chi connectivity index (χ1v) is 6.04. The van der Waals surface area contributed by atoms with E-state index in [0.717, 1.165) is 25.7 Å². The highest BCUT2D eigenvalue weighted by molar-refractivity contribution is 5.78. The predicted octanol–water partition coefficient (Wildman–Crippen LogP) is 3.02. The molecule has 5 heteroatoms. The third-order valence-electron chi connectivity index (χ3n) is 2.57. The van der Waals surface area contributed by atoms with Crippen molar-refractivity contribution in [2.24, 2.45) is 11.0 Å². The third kappa shape index (κ3) is 7.12. The van der Waals surface area contributed by atoms with Crippen molar-refractivity contribution < 1.29 is 4.79 Å². The summed E-state index contributed by atoms with van der Waals surface area (Å²) in [7, 11) is 0. The van der Waals surface area contributed by atoms with Crippen molar-refractivity contribution in [2.45, 2.75) is 46.0 Å². The number of azide groups is 1. The molecular formula is C11H22N4O. The monoisotopic (exact) mass is 226 g/mol. The summed E-state index contributed by atoms with van der Waals surface area (Å²) in [5.74, 6) is 0.274. The summed E-state index contributed by atoms with van der Waals surface area (Å²) in [5, 5.41) is 6.29. The molecule has 92 valence electrons. The van der Waals surface area contributed by atoms with Crippen LogP contribution in [0, 0.1) is 5.92 Å². The fourth-order valence-corrected chi connectivity index (χ4v) is 1.52. The number of carbonyl (C=O) groups is 1. The maximum Gasteiger partial charge on any atom is 0.223 e. The molecule has 0 aromatic heterocycles. The first-order valence-electron chi connectivity index (χ1n) is 6.04. The molecule has 5 nitrogen and oxygen atoms in total. The smallest absolute Gasteiger partial charge is 0.223 e. The number of hydrogen-bond acceptors (Lipinski definition) is 2. The Hall–Kier alpha value is -1.22. The number of carbonyl (C=O) groups excluding carboxylic acids is 1. The van der Waals surface area contributed by atoms with Crippen LogP contribution in [0.5, 0.6) is 0 Å². The van der Waals surface area contributed by atoms with E-state index in [1.54, 1.807) is 0 Å². The summed E-state index contributed by atoms with van der Waals surface area (Å²) >= 11 is 0. The van der Waals surface area contributed by atoms with E-state index in [1.807, 2.05) is 6.92 Å². The fourth-order valence-electron chi connectivity index (χ4n) is 1.52. The SMILES string of the molecule is CCCCC(CC)C(=O)NCCCN=[N+]=[N-]. The predicted molar refractivity (Wildman–Crippen MR) is 64.9 cm³/mol. The maximum absolute atomic E-state index is 11.7. The Morgan fingerprint density at radius 3 is 2.75 bits per heavy atom. The van der Waals surface area contributed by atoms with E-state index in [1.165, 1.54) is 0 Å². The molecule has 0 rings (SSSR count). The van der Waals surface area contributed by atoms with Gasteiger partial charge in [0.05, 0.1) is 0 Å². The molecule has 0 heterocycles. The molecule has 1 N–H and O–H groups in total. The van der Waals surface area contributed by atoms with Crippen LogP contribution < -0.4 is 5.32 Å². The summed E-state index contributed by atoms with van der Waals surface area (Å²) < 4.78 is 0. The van der Waals surface area contributed by atoms with Crippen molar-refractivity contribution in [2.75, 3.05) is 13.1 Å². The zero-order valence-corrected chi connectivity index (χ0v) is 10.3. The summed E-state index contributed by atoms with van der Waals surface area (Å²) in [6.45, 7) is 5.22. The largest absolute Gasteiger partial charge is 0.356 e. The van der Waals surface area contributed by atoms with E-state index >= 15 is 0 Å². The number of nitrogens with zero attached hydrogens (tertiary/aromatic N) is 3. The van der Waals surface area contributed by atoms with Crippen LogP contribution in [-0.2, 0) is 4.79 Å². The molecule has 1 unspecified atom stereocenters. The fraction of sp³-hybridized carbons (Fsp3) is 0.909. The van der Waals surface area contributed by atoms with Crippen LogP contribution in [0.1, 0.15) is 46.0 Å². The van der Waals surface area contributed by atoms with Crippen molar-refractivity contribution in [3.05, 3.63) is 10.4 Å². The molecule has 0 bridgehead atoms. The molecule has 0 saturated carbocycles. The number of amides is 1. The second kappa shape index (κ2) is 10.3. The van der Waals surface area contributed by atoms with Crippen LogP contribution in [0.2, 0.25) is 0 Å². The van der Waals surface area contributed by atoms with Crippen molar-refractivity contribution in [3.63, 3.8) is 0 Å². The van der Waals surface area contributed by atoms with Gasteiger partial charge in [0.15, 0.2) is 0 Å². The minimum Gasteiger partial charge on any atom is -0.356 e. The van der Waals surface area contributed by atoms with E-state index in [2.05, 4.69) is 22.3 Å². The average molecular weight is 226 g/mol. The molecule has 0 aromatic carbocycles. The van der Waals surface area contributed by atoms with Gasteiger partial charge in [0.2, 0.25) is 5.91 Å². The topological polar surface area (TPSA) is 77.9 Å². The van der Waals surface area contributed by atoms with Crippen molar-refractivity contribution in [1.82, 2.24) is 5.32 Å². The highest BCUT2D eigenvalue weighted by Gasteiger charge is 2.14. The molecule has 1 atom stereocenters. The minimum atomic E-state index is 0.136. The molecule has 0 radical (unpaired) electrons. The third-order valence-corrected chi connectivity index (χ3v) is 2.57. The van der Waals surface area contributed by atoms with E-state index in [9.17, 15) is 4.79 Å². The van der Waals surface area contributed by atoms with Crippen LogP contribution in [0.4, 0.5) is 0 Å². The van der Waals surface area contributed by atoms with E-state index in [-0.39, 0.29) is 11.8 Å². The van der Waals surface area contributed by atoms with Gasteiger partial charge in [0.1, 0.15) is 0 Å². The zero-order valence-electron chi connectivity index (χ0n) is 10.3. The van der Waals surface area contributed by atoms with Gasteiger partial charge in [0.25, 0.3) is 0 Å². The second-order valence-corrected chi connectivity index (χ2v) is 3.85. The molecule has 0 aromatic rings. The maximum atomic E-state index is 11.7. The van der Waals surface area contributed by atoms with Gasteiger partial charge in [-0.15, -0.1) is 0 Å². The molecule has 0 aliphatic heterocycles. The van der Waals surface area contributed by atoms with Crippen LogP contribution in [0.15, 0.2) is 5.11 Å². The number of hydrogen-bond donors (Lipinski definition) is 1. The highest BCUT2D eigenvalue weighted by Crippen LogP contribution is 2.12. The summed E-state index contributed by atoms with van der Waals surface area (Å²) in [5.41, 5.74) is 8.07. The van der Waals surface area contributed by atoms with Crippen molar-refractivity contribution in [1.29, 1.82) is 0 Å². The minimum absolute atomic E-state index is 0.136. The van der Waals surface area contributed by atoms with Gasteiger partial charge < -0.3 is 5.32 Å². The van der Waals surface area contributed by atoms with Crippen LogP contribution in [0.3, 0.4) is 0 Å². The lowest BCUT2D eigenvalue weighted by molar-refractivity contribution is -0.125. The van der Waals surface area contributed by atoms with Gasteiger partial charge in [-0.2, -0.15) is 0 Å². The van der Waals surface area contributed by atoms with Crippen LogP contribution >= 0.6 is 0 Å². The Balaban J connectivity index is 3.70. The molecule has 1 amide bonds. The van der Waals surface area contributed by atoms with E-state index < -0.39 is 0 Å². The molecule has 0 saturated heterocycles. The Bertz CT molecular complexity index is 236. The van der Waals surface area contributed by atoms with Crippen molar-refractivity contribution in [3.8, 4) is 0 Å². The molecular weight excluding hydrogens is 204 g/mol. The Morgan fingerprint density at radius 1 is 1.44 bits per heavy atom. The van der Waals surface area contributed by atoms with Gasteiger partial charge in [-0.05, 0) is 24.8 Å². The van der Waals surface area contributed by atoms with Gasteiger partial charge in [-0.1, -0.05) is 31.8 Å². The molecule has 16 heavy (non-hydrogen) atoms. The first kappa shape index (κ1) is 14.8. The summed E-state index contributed by atoms with van der Waals surface area (Å²) in [6, 6.07) is 0. The van der Waals surface area contributed by atoms with E-state index in [0.29, 0.717) is 19.5 Å². The quantitative estimate of drug-likeness (QED) is 0.279. The second-order valence-electron chi connectivity index (χ2n) is 3.85. The zero-order chi connectivity index (χ0) is 12.2. The van der Waals surface area contributed by atoms with Gasteiger partial charge in [-0.3, -0.25) is 4.79 Å². The average Bonchev–Trinajstić information content (AvgIpc) is 2.30. The highest BCUT2D eigenvalue weighted by atomic mass is 16.1. The lowest BCUT2D eigenvalue weighted by atomic mass is 9.98. The van der Waals surface area contributed by atoms with E-state index in [4.69, 9.17) is 5.53 Å². The molecule has 0 aliphatic carbocycles. The summed E-state index contributed by atoms with van der Waals surface area (Å²) in [4.78, 5) is 14.4. The normalized spacial score (nSPS) is 11.6. The Morgan fingerprint density at radius 2 is 2.19 bits per heavy atom. The molecule has 0 aliphatic rings. The molecule has 0 fully saturated rings. The van der Waals surface area contributed by atoms with Gasteiger partial charge in [0, 0.05) is 23.9 Å². The standard InChI is InChI=1S/C11H22N4O/c1-3-5-7-10(4-2)11(16)13-8-6-9-14-15-12/h10H,3-9H2,1-2H3,(H,13,16). The van der Waals surface area contributed by atoms with Gasteiger partial charge >= 0.3 is 0 Å². The van der Waals surface area contributed by atoms with Crippen LogP contribution in [-0.4, -0.2) is 19.0 Å². The lowest BCUT2D eigenvalue weighted by Gasteiger charge is -2.14. The lowest BCUT2D eigenvalue weighted by Crippen LogP contribution is -2.31. The first-order chi connectivity index (χ1) is 7.76. The van der Waals surface area contributed by atoms with Crippen molar-refractivity contribution >= 4 is 5.91 Å². The number of unbranched alkanes of at least 4 members (excludes halogenated alkanes) is 1. The number of rotatable bonds is 9. The van der Waals surface area contributed by atoms with Gasteiger partial charge in [-0.25, -0.2) is 0 Å². The Kier molecular flexibility index (Phi) is 9.52.